The number of hydrogen-bond donors (Lipinski definition) is 2. The quantitative estimate of drug-likeness (QED) is 0.206. The van der Waals surface area contributed by atoms with Crippen LogP contribution in [0.15, 0.2) is 54.1 Å². The number of likely N-dealkylation sites (N-methyl/N-ethyl adjacent to an activating group) is 1. The molecular weight excluding hydrogens is 492 g/mol. The fourth-order valence-corrected chi connectivity index (χ4v) is 7.20. The molecule has 2 aliphatic carbocycles. The first-order valence-electron chi connectivity index (χ1n) is 14.1. The summed E-state index contributed by atoms with van der Waals surface area (Å²) in [6, 6.07) is 10.2. The lowest BCUT2D eigenvalue weighted by molar-refractivity contribution is 0.172. The highest BCUT2D eigenvalue weighted by Crippen LogP contribution is 2.69. The lowest BCUT2D eigenvalue weighted by atomic mass is 9.55. The van der Waals surface area contributed by atoms with Crippen LogP contribution in [0.1, 0.15) is 77.0 Å². The van der Waals surface area contributed by atoms with Crippen molar-refractivity contribution in [2.75, 3.05) is 7.05 Å². The van der Waals surface area contributed by atoms with Gasteiger partial charge < -0.3 is 9.88 Å². The van der Waals surface area contributed by atoms with Crippen LogP contribution in [-0.4, -0.2) is 27.3 Å². The molecule has 0 radical (unpaired) electrons. The molecule has 2 saturated carbocycles. The number of aromatic nitrogens is 2. The maximum atomic E-state index is 13.7. The summed E-state index contributed by atoms with van der Waals surface area (Å²) in [7, 11) is 1.89. The number of pyridine rings is 1. The van der Waals surface area contributed by atoms with Gasteiger partial charge in [-0.2, -0.15) is 0 Å². The second kappa shape index (κ2) is 10.1. The van der Waals surface area contributed by atoms with Crippen molar-refractivity contribution in [3.8, 4) is 5.69 Å². The van der Waals surface area contributed by atoms with E-state index in [2.05, 4.69) is 50.5 Å². The first-order valence-corrected chi connectivity index (χ1v) is 14.5. The summed E-state index contributed by atoms with van der Waals surface area (Å²) in [6.07, 6.45) is 12.4. The molecule has 2 aromatic heterocycles. The maximum absolute atomic E-state index is 13.7. The van der Waals surface area contributed by atoms with E-state index < -0.39 is 0 Å². The second-order valence-electron chi connectivity index (χ2n) is 12.0. The number of rotatable bonds is 10. The average Bonchev–Trinajstić information content (AvgIpc) is 3.58. The van der Waals surface area contributed by atoms with E-state index in [4.69, 9.17) is 17.0 Å². The number of aromatic amines is 1. The summed E-state index contributed by atoms with van der Waals surface area (Å²) in [5.41, 5.74) is 3.43. The van der Waals surface area contributed by atoms with E-state index in [9.17, 15) is 4.79 Å². The molecule has 3 aromatic rings. The Morgan fingerprint density at radius 3 is 2.66 bits per heavy atom. The van der Waals surface area contributed by atoms with Crippen molar-refractivity contribution in [2.24, 2.45) is 17.3 Å². The Kier molecular flexibility index (Phi) is 7.10. The highest BCUT2D eigenvalue weighted by Gasteiger charge is 2.63. The van der Waals surface area contributed by atoms with Crippen LogP contribution in [0.5, 0.6) is 0 Å². The minimum Gasteiger partial charge on any atom is -0.354 e. The Hall–Kier alpha value is -2.79. The molecule has 202 valence electrons. The van der Waals surface area contributed by atoms with Crippen LogP contribution in [0.3, 0.4) is 0 Å². The number of H-pyrrole nitrogens is 1. The molecule has 6 heteroatoms. The van der Waals surface area contributed by atoms with E-state index in [0.717, 1.165) is 41.6 Å². The van der Waals surface area contributed by atoms with Crippen LogP contribution in [0, 0.1) is 22.7 Å². The Morgan fingerprint density at radius 2 is 2.03 bits per heavy atom. The standard InChI is InChI=1S/C32H41ClN4O/c1-6-10-22(7-2)21(4)15-24-17-26-27(33)18-37(29(38)28(26)35-24)25-12-9-11-23(16-25)32(30(34)36(5)8-3)19-31(20-32)13-14-31/h8-9,11-12,16-18,21-22,34-35H,3,6-7,10,13-15,19-20H2,1-2,4-5H3/t21-,22-/m1/s1. The molecule has 2 fully saturated rings. The lowest BCUT2D eigenvalue weighted by Gasteiger charge is -2.51. The number of fused-ring (bicyclic) bond motifs is 1. The molecule has 1 spiro atoms. The molecule has 5 rings (SSSR count). The number of nitrogens with zero attached hydrogens (tertiary/aromatic N) is 2. The molecule has 0 saturated heterocycles. The lowest BCUT2D eigenvalue weighted by Crippen LogP contribution is -2.53. The van der Waals surface area contributed by atoms with Gasteiger partial charge in [-0.1, -0.05) is 70.3 Å². The summed E-state index contributed by atoms with van der Waals surface area (Å²) in [5.74, 6) is 1.77. The monoisotopic (exact) mass is 532 g/mol. The number of nitrogens with one attached hydrogen (secondary N) is 2. The van der Waals surface area contributed by atoms with Crippen molar-refractivity contribution in [1.82, 2.24) is 14.5 Å². The molecular formula is C32H41ClN4O. The number of halogens is 1. The third kappa shape index (κ3) is 4.53. The van der Waals surface area contributed by atoms with Crippen LogP contribution in [0.25, 0.3) is 16.6 Å². The van der Waals surface area contributed by atoms with Crippen molar-refractivity contribution in [3.63, 3.8) is 0 Å². The molecule has 2 aliphatic rings. The normalized spacial score (nSPS) is 18.7. The molecule has 0 aliphatic heterocycles. The first kappa shape index (κ1) is 26.8. The van der Waals surface area contributed by atoms with Gasteiger partial charge in [0.05, 0.1) is 10.4 Å². The predicted octanol–water partition coefficient (Wildman–Crippen LogP) is 7.84. The van der Waals surface area contributed by atoms with Crippen molar-refractivity contribution in [3.05, 3.63) is 75.9 Å². The number of benzene rings is 1. The number of hydrogen-bond acceptors (Lipinski definition) is 2. The highest BCUT2D eigenvalue weighted by atomic mass is 35.5. The Labute approximate surface area is 231 Å². The van der Waals surface area contributed by atoms with Gasteiger partial charge in [0.2, 0.25) is 0 Å². The minimum atomic E-state index is -0.350. The Balaban J connectivity index is 1.50. The average molecular weight is 533 g/mol. The van der Waals surface area contributed by atoms with Gasteiger partial charge in [-0.25, -0.2) is 0 Å². The first-order chi connectivity index (χ1) is 18.2. The smallest absolute Gasteiger partial charge is 0.279 e. The van der Waals surface area contributed by atoms with Gasteiger partial charge in [0.15, 0.2) is 0 Å². The SMILES string of the molecule is C=CN(C)C(=N)C1(c2cccc(-n3cc(Cl)c4cc(C[C@@H](C)[C@H](CC)CCC)[nH]c4c3=O)c2)CC2(CC2)C1. The van der Waals surface area contributed by atoms with E-state index in [-0.39, 0.29) is 11.0 Å². The Bertz CT molecular complexity index is 1420. The Morgan fingerprint density at radius 1 is 1.29 bits per heavy atom. The summed E-state index contributed by atoms with van der Waals surface area (Å²) < 4.78 is 1.66. The van der Waals surface area contributed by atoms with Crippen molar-refractivity contribution in [1.29, 1.82) is 5.41 Å². The fourth-order valence-electron chi connectivity index (χ4n) is 6.96. The molecule has 5 nitrogen and oxygen atoms in total. The second-order valence-corrected chi connectivity index (χ2v) is 12.4. The summed E-state index contributed by atoms with van der Waals surface area (Å²) in [4.78, 5) is 19.0. The van der Waals surface area contributed by atoms with Crippen LogP contribution in [0.4, 0.5) is 0 Å². The molecule has 0 bridgehead atoms. The van der Waals surface area contributed by atoms with Gasteiger partial charge in [0.25, 0.3) is 5.56 Å². The molecule has 2 atom stereocenters. The minimum absolute atomic E-state index is 0.0966. The molecule has 0 unspecified atom stereocenters. The van der Waals surface area contributed by atoms with Gasteiger partial charge in [-0.15, -0.1) is 0 Å². The third-order valence-corrected chi connectivity index (χ3v) is 9.70. The van der Waals surface area contributed by atoms with Gasteiger partial charge >= 0.3 is 0 Å². The van der Waals surface area contributed by atoms with Crippen molar-refractivity contribution < 1.29 is 0 Å². The molecule has 38 heavy (non-hydrogen) atoms. The van der Waals surface area contributed by atoms with E-state index in [1.165, 1.54) is 32.1 Å². The molecule has 2 N–H and O–H groups in total. The van der Waals surface area contributed by atoms with Crippen molar-refractivity contribution in [2.45, 2.75) is 77.6 Å². The third-order valence-electron chi connectivity index (χ3n) is 9.40. The summed E-state index contributed by atoms with van der Waals surface area (Å²) in [5, 5.41) is 10.3. The van der Waals surface area contributed by atoms with E-state index >= 15 is 0 Å². The van der Waals surface area contributed by atoms with Crippen LogP contribution >= 0.6 is 11.6 Å². The maximum Gasteiger partial charge on any atom is 0.279 e. The van der Waals surface area contributed by atoms with Gasteiger partial charge in [-0.3, -0.25) is 14.8 Å². The number of amidine groups is 1. The zero-order valence-corrected chi connectivity index (χ0v) is 24.0. The van der Waals surface area contributed by atoms with Gasteiger partial charge in [0.1, 0.15) is 11.4 Å². The largest absolute Gasteiger partial charge is 0.354 e. The van der Waals surface area contributed by atoms with E-state index in [1.54, 1.807) is 17.0 Å². The zero-order valence-electron chi connectivity index (χ0n) is 23.2. The summed E-state index contributed by atoms with van der Waals surface area (Å²) >= 11 is 6.77. The van der Waals surface area contributed by atoms with E-state index in [1.807, 2.05) is 24.1 Å². The van der Waals surface area contributed by atoms with Crippen LogP contribution in [-0.2, 0) is 11.8 Å². The van der Waals surface area contributed by atoms with Crippen LogP contribution in [0.2, 0.25) is 5.02 Å². The van der Waals surface area contributed by atoms with Crippen LogP contribution < -0.4 is 5.56 Å². The van der Waals surface area contributed by atoms with Crippen molar-refractivity contribution >= 4 is 28.3 Å². The molecule has 1 aromatic carbocycles. The predicted molar refractivity (Wildman–Crippen MR) is 159 cm³/mol. The topological polar surface area (TPSA) is 64.9 Å². The summed E-state index contributed by atoms with van der Waals surface area (Å²) in [6.45, 7) is 10.7. The van der Waals surface area contributed by atoms with Gasteiger partial charge in [0, 0.05) is 30.0 Å². The molecule has 2 heterocycles. The zero-order chi connectivity index (χ0) is 27.2. The highest BCUT2D eigenvalue weighted by molar-refractivity contribution is 6.35. The van der Waals surface area contributed by atoms with Gasteiger partial charge in [-0.05, 0) is 79.3 Å². The van der Waals surface area contributed by atoms with E-state index in [0.29, 0.717) is 33.6 Å². The fraction of sp³-hybridized carbons (Fsp3) is 0.500. The molecule has 0 amide bonds.